The van der Waals surface area contributed by atoms with Crippen LogP contribution in [0, 0.1) is 10.1 Å². The van der Waals surface area contributed by atoms with E-state index in [9.17, 15) is 20.0 Å². The fourth-order valence-electron chi connectivity index (χ4n) is 2.08. The van der Waals surface area contributed by atoms with Gasteiger partial charge < -0.3 is 14.9 Å². The number of hydrogen-bond donors (Lipinski definition) is 1. The number of rotatable bonds is 3. The quantitative estimate of drug-likeness (QED) is 0.630. The first-order valence-electron chi connectivity index (χ1n) is 5.90. The zero-order valence-electron chi connectivity index (χ0n) is 10.6. The Morgan fingerprint density at radius 2 is 2.16 bits per heavy atom. The Kier molecular flexibility index (Phi) is 3.66. The lowest BCUT2D eigenvalue weighted by atomic mass is 10.1. The fraction of sp³-hybridized carbons (Fsp3) is 0.417. The molecule has 1 aromatic carbocycles. The maximum atomic E-state index is 11.7. The predicted octanol–water partition coefficient (Wildman–Crippen LogP) is 0.365. The third-order valence-corrected chi connectivity index (χ3v) is 3.24. The van der Waals surface area contributed by atoms with Gasteiger partial charge in [0.05, 0.1) is 18.1 Å². The largest absolute Gasteiger partial charge is 0.392 e. The molecule has 0 aromatic heterocycles. The summed E-state index contributed by atoms with van der Waals surface area (Å²) < 4.78 is 0. The number of benzene rings is 1. The number of piperazine rings is 1. The average molecular weight is 265 g/mol. The second-order valence-corrected chi connectivity index (χ2v) is 4.47. The average Bonchev–Trinajstić information content (AvgIpc) is 2.41. The third kappa shape index (κ3) is 2.65. The van der Waals surface area contributed by atoms with Crippen molar-refractivity contribution < 1.29 is 14.8 Å². The first kappa shape index (κ1) is 13.3. The maximum Gasteiger partial charge on any atom is 0.269 e. The van der Waals surface area contributed by atoms with E-state index < -0.39 is 4.92 Å². The van der Waals surface area contributed by atoms with Gasteiger partial charge in [0.15, 0.2) is 0 Å². The summed E-state index contributed by atoms with van der Waals surface area (Å²) in [6.45, 7) is 1.17. The zero-order chi connectivity index (χ0) is 14.0. The van der Waals surface area contributed by atoms with Crippen molar-refractivity contribution in [2.24, 2.45) is 0 Å². The van der Waals surface area contributed by atoms with Crippen molar-refractivity contribution in [1.82, 2.24) is 4.90 Å². The molecule has 1 N–H and O–H groups in total. The van der Waals surface area contributed by atoms with E-state index in [1.807, 2.05) is 4.90 Å². The SMILES string of the molecule is CN1CCN(c2ccc([N+](=O)[O-])cc2CO)CC1=O. The number of likely N-dealkylation sites (N-methyl/N-ethyl adjacent to an activating group) is 1. The summed E-state index contributed by atoms with van der Waals surface area (Å²) in [5.41, 5.74) is 1.08. The smallest absolute Gasteiger partial charge is 0.269 e. The summed E-state index contributed by atoms with van der Waals surface area (Å²) in [6, 6.07) is 4.32. The molecule has 0 spiro atoms. The van der Waals surface area contributed by atoms with Crippen LogP contribution >= 0.6 is 0 Å². The fourth-order valence-corrected chi connectivity index (χ4v) is 2.08. The number of nitrogens with zero attached hydrogens (tertiary/aromatic N) is 3. The monoisotopic (exact) mass is 265 g/mol. The molecule has 1 aliphatic heterocycles. The minimum absolute atomic E-state index is 0.00603. The molecule has 19 heavy (non-hydrogen) atoms. The molecule has 0 saturated carbocycles. The first-order chi connectivity index (χ1) is 9.02. The van der Waals surface area contributed by atoms with Crippen LogP contribution in [0.15, 0.2) is 18.2 Å². The Morgan fingerprint density at radius 1 is 1.42 bits per heavy atom. The van der Waals surface area contributed by atoms with Crippen molar-refractivity contribution in [3.63, 3.8) is 0 Å². The number of non-ortho nitro benzene ring substituents is 1. The highest BCUT2D eigenvalue weighted by molar-refractivity contribution is 5.83. The van der Waals surface area contributed by atoms with E-state index in [0.717, 1.165) is 0 Å². The summed E-state index contributed by atoms with van der Waals surface area (Å²) >= 11 is 0. The number of amides is 1. The molecule has 0 atom stereocenters. The van der Waals surface area contributed by atoms with E-state index >= 15 is 0 Å². The van der Waals surface area contributed by atoms with Gasteiger partial charge in [0.2, 0.25) is 5.91 Å². The van der Waals surface area contributed by atoms with Gasteiger partial charge in [0, 0.05) is 43.5 Å². The van der Waals surface area contributed by atoms with Gasteiger partial charge in [-0.15, -0.1) is 0 Å². The Morgan fingerprint density at radius 3 is 2.74 bits per heavy atom. The number of hydrogen-bond acceptors (Lipinski definition) is 5. The van der Waals surface area contributed by atoms with Crippen LogP contribution in [0.2, 0.25) is 0 Å². The summed E-state index contributed by atoms with van der Waals surface area (Å²) in [4.78, 5) is 25.3. The molecule has 7 heteroatoms. The highest BCUT2D eigenvalue weighted by Crippen LogP contribution is 2.26. The van der Waals surface area contributed by atoms with Crippen molar-refractivity contribution >= 4 is 17.3 Å². The molecule has 1 aromatic rings. The number of anilines is 1. The molecular formula is C12H15N3O4. The molecule has 7 nitrogen and oxygen atoms in total. The van der Waals surface area contributed by atoms with Crippen molar-refractivity contribution in [3.8, 4) is 0 Å². The maximum absolute atomic E-state index is 11.7. The summed E-state index contributed by atoms with van der Waals surface area (Å²) in [5, 5.41) is 20.0. The highest BCUT2D eigenvalue weighted by Gasteiger charge is 2.23. The molecule has 0 radical (unpaired) electrons. The number of carbonyl (C=O) groups is 1. The van der Waals surface area contributed by atoms with Crippen molar-refractivity contribution in [2.45, 2.75) is 6.61 Å². The lowest BCUT2D eigenvalue weighted by molar-refractivity contribution is -0.384. The van der Waals surface area contributed by atoms with Crippen LogP contribution in [0.5, 0.6) is 0 Å². The Labute approximate surface area is 110 Å². The van der Waals surface area contributed by atoms with E-state index in [1.165, 1.54) is 12.1 Å². The highest BCUT2D eigenvalue weighted by atomic mass is 16.6. The number of aliphatic hydroxyl groups is 1. The molecule has 1 amide bonds. The minimum atomic E-state index is -0.502. The van der Waals surface area contributed by atoms with Gasteiger partial charge in [0.1, 0.15) is 0 Å². The minimum Gasteiger partial charge on any atom is -0.392 e. The molecule has 2 rings (SSSR count). The van der Waals surface area contributed by atoms with Crippen LogP contribution in [0.25, 0.3) is 0 Å². The Hall–Kier alpha value is -2.15. The van der Waals surface area contributed by atoms with Crippen LogP contribution in [-0.2, 0) is 11.4 Å². The summed E-state index contributed by atoms with van der Waals surface area (Å²) in [7, 11) is 1.74. The normalized spacial score (nSPS) is 15.8. The molecule has 1 saturated heterocycles. The summed E-state index contributed by atoms with van der Waals surface area (Å²) in [5.74, 6) is -0.00603. The van der Waals surface area contributed by atoms with Crippen LogP contribution in [0.3, 0.4) is 0 Å². The molecule has 0 aliphatic carbocycles. The molecule has 1 aliphatic rings. The second kappa shape index (κ2) is 5.23. The molecule has 0 unspecified atom stereocenters. The topological polar surface area (TPSA) is 86.9 Å². The van der Waals surface area contributed by atoms with Crippen molar-refractivity contribution in [2.75, 3.05) is 31.6 Å². The van der Waals surface area contributed by atoms with Crippen LogP contribution in [0.1, 0.15) is 5.56 Å². The zero-order valence-corrected chi connectivity index (χ0v) is 10.6. The third-order valence-electron chi connectivity index (χ3n) is 3.24. The standard InChI is InChI=1S/C12H15N3O4/c1-13-4-5-14(7-12(13)17)11-3-2-10(15(18)19)6-9(11)8-16/h2-3,6,16H,4-5,7-8H2,1H3. The van der Waals surface area contributed by atoms with E-state index in [1.54, 1.807) is 18.0 Å². The Balaban J connectivity index is 2.29. The second-order valence-electron chi connectivity index (χ2n) is 4.47. The lowest BCUT2D eigenvalue weighted by Crippen LogP contribution is -2.48. The number of nitro groups is 1. The van der Waals surface area contributed by atoms with Gasteiger partial charge in [-0.25, -0.2) is 0 Å². The predicted molar refractivity (Wildman–Crippen MR) is 68.9 cm³/mol. The van der Waals surface area contributed by atoms with E-state index in [0.29, 0.717) is 24.3 Å². The van der Waals surface area contributed by atoms with Gasteiger partial charge in [-0.2, -0.15) is 0 Å². The van der Waals surface area contributed by atoms with E-state index in [2.05, 4.69) is 0 Å². The number of carbonyl (C=O) groups excluding carboxylic acids is 1. The van der Waals surface area contributed by atoms with Crippen LogP contribution < -0.4 is 4.90 Å². The van der Waals surface area contributed by atoms with Gasteiger partial charge in [-0.3, -0.25) is 14.9 Å². The lowest BCUT2D eigenvalue weighted by Gasteiger charge is -2.34. The van der Waals surface area contributed by atoms with Crippen LogP contribution in [0.4, 0.5) is 11.4 Å². The van der Waals surface area contributed by atoms with Gasteiger partial charge >= 0.3 is 0 Å². The first-order valence-corrected chi connectivity index (χ1v) is 5.90. The van der Waals surface area contributed by atoms with Gasteiger partial charge in [-0.05, 0) is 6.07 Å². The van der Waals surface area contributed by atoms with Crippen molar-refractivity contribution in [1.29, 1.82) is 0 Å². The summed E-state index contributed by atoms with van der Waals surface area (Å²) in [6.07, 6.45) is 0. The van der Waals surface area contributed by atoms with Gasteiger partial charge in [0.25, 0.3) is 5.69 Å². The van der Waals surface area contributed by atoms with Crippen molar-refractivity contribution in [3.05, 3.63) is 33.9 Å². The number of nitro benzene ring substituents is 1. The van der Waals surface area contributed by atoms with Crippen LogP contribution in [-0.4, -0.2) is 47.5 Å². The van der Waals surface area contributed by atoms with E-state index in [-0.39, 0.29) is 24.7 Å². The molecular weight excluding hydrogens is 250 g/mol. The number of aliphatic hydroxyl groups excluding tert-OH is 1. The molecule has 102 valence electrons. The molecule has 1 heterocycles. The Bertz CT molecular complexity index is 518. The molecule has 0 bridgehead atoms. The van der Waals surface area contributed by atoms with Gasteiger partial charge in [-0.1, -0.05) is 0 Å². The van der Waals surface area contributed by atoms with E-state index in [4.69, 9.17) is 0 Å². The molecule has 1 fully saturated rings.